The third kappa shape index (κ3) is 15.7. The van der Waals surface area contributed by atoms with Gasteiger partial charge in [0.05, 0.1) is 6.07 Å². The van der Waals surface area contributed by atoms with E-state index in [0.717, 1.165) is 31.5 Å². The first-order valence-corrected chi connectivity index (χ1v) is 7.99. The Balaban J connectivity index is 0.000000609. The summed E-state index contributed by atoms with van der Waals surface area (Å²) in [6.45, 7) is 0.961. The second-order valence-electron chi connectivity index (χ2n) is 5.16. The van der Waals surface area contributed by atoms with Gasteiger partial charge >= 0.3 is 11.9 Å². The quantitative estimate of drug-likeness (QED) is 0.289. The van der Waals surface area contributed by atoms with Gasteiger partial charge in [0.15, 0.2) is 0 Å². The molecule has 1 aromatic rings. The number of aromatic hydroxyl groups is 1. The molecule has 1 rings (SSSR count). The molecule has 0 saturated carbocycles. The summed E-state index contributed by atoms with van der Waals surface area (Å²) < 4.78 is 0. The molecule has 7 nitrogen and oxygen atoms in total. The fourth-order valence-electron chi connectivity index (χ4n) is 1.81. The van der Waals surface area contributed by atoms with E-state index in [0.29, 0.717) is 24.3 Å². The van der Waals surface area contributed by atoms with Gasteiger partial charge < -0.3 is 20.6 Å². The summed E-state index contributed by atoms with van der Waals surface area (Å²) in [5.74, 6) is -2.21. The topological polar surface area (TPSA) is 131 Å². The lowest BCUT2D eigenvalue weighted by Crippen LogP contribution is -2.00. The van der Waals surface area contributed by atoms with Crippen LogP contribution in [0.4, 0.5) is 5.69 Å². The summed E-state index contributed by atoms with van der Waals surface area (Å²) in [5, 5.41) is 36.4. The number of benzene rings is 1. The average molecular weight is 348 g/mol. The molecule has 0 unspecified atom stereocenters. The van der Waals surface area contributed by atoms with Crippen molar-refractivity contribution in [3.8, 4) is 11.8 Å². The van der Waals surface area contributed by atoms with E-state index in [1.165, 1.54) is 12.8 Å². The van der Waals surface area contributed by atoms with Gasteiger partial charge in [-0.3, -0.25) is 0 Å². The molecule has 0 radical (unpaired) electrons. The molecule has 0 aliphatic heterocycles. The Bertz CT molecular complexity index is 560. The lowest BCUT2D eigenvalue weighted by molar-refractivity contribution is -0.134. The number of nitriles is 1. The third-order valence-corrected chi connectivity index (χ3v) is 3.03. The minimum atomic E-state index is -1.26. The maximum atomic E-state index is 9.55. The zero-order chi connectivity index (χ0) is 18.9. The van der Waals surface area contributed by atoms with Crippen LogP contribution in [-0.2, 0) is 9.59 Å². The predicted molar refractivity (Wildman–Crippen MR) is 94.3 cm³/mol. The molecule has 0 aliphatic rings. The van der Waals surface area contributed by atoms with Gasteiger partial charge in [-0.25, -0.2) is 9.59 Å². The summed E-state index contributed by atoms with van der Waals surface area (Å²) in [7, 11) is 0. The van der Waals surface area contributed by atoms with Crippen molar-refractivity contribution < 1.29 is 24.9 Å². The molecule has 0 atom stereocenters. The molecule has 7 heteroatoms. The zero-order valence-electron chi connectivity index (χ0n) is 14.0. The number of carbonyl (C=O) groups is 2. The van der Waals surface area contributed by atoms with E-state index >= 15 is 0 Å². The second kappa shape index (κ2) is 14.6. The van der Waals surface area contributed by atoms with Crippen LogP contribution in [0.2, 0.25) is 0 Å². The number of hydrogen-bond acceptors (Lipinski definition) is 5. The van der Waals surface area contributed by atoms with Gasteiger partial charge in [-0.05, 0) is 37.1 Å². The van der Waals surface area contributed by atoms with Crippen LogP contribution in [0.3, 0.4) is 0 Å². The average Bonchev–Trinajstić information content (AvgIpc) is 2.57. The molecule has 0 heterocycles. The van der Waals surface area contributed by atoms with E-state index < -0.39 is 11.9 Å². The molecular formula is C18H24N2O5. The van der Waals surface area contributed by atoms with Crippen LogP contribution < -0.4 is 5.32 Å². The molecule has 0 amide bonds. The van der Waals surface area contributed by atoms with Crippen LogP contribution in [-0.4, -0.2) is 33.8 Å². The molecule has 25 heavy (non-hydrogen) atoms. The number of hydrogen-bond donors (Lipinski definition) is 4. The van der Waals surface area contributed by atoms with Crippen molar-refractivity contribution in [1.29, 1.82) is 5.26 Å². The molecule has 0 fully saturated rings. The second-order valence-corrected chi connectivity index (χ2v) is 5.16. The Morgan fingerprint density at radius 2 is 1.48 bits per heavy atom. The van der Waals surface area contributed by atoms with Crippen molar-refractivity contribution in [3.63, 3.8) is 0 Å². The minimum Gasteiger partial charge on any atom is -0.508 e. The number of nitrogens with zero attached hydrogens (tertiary/aromatic N) is 1. The van der Waals surface area contributed by atoms with Gasteiger partial charge in [0, 0.05) is 30.8 Å². The van der Waals surface area contributed by atoms with E-state index in [4.69, 9.17) is 20.6 Å². The van der Waals surface area contributed by atoms with Crippen molar-refractivity contribution >= 4 is 17.6 Å². The van der Waals surface area contributed by atoms with Gasteiger partial charge in [0.1, 0.15) is 5.75 Å². The maximum Gasteiger partial charge on any atom is 0.328 e. The number of phenols is 1. The van der Waals surface area contributed by atoms with E-state index in [1.807, 2.05) is 12.1 Å². The summed E-state index contributed by atoms with van der Waals surface area (Å²) >= 11 is 0. The smallest absolute Gasteiger partial charge is 0.328 e. The molecule has 0 spiro atoms. The highest BCUT2D eigenvalue weighted by atomic mass is 16.4. The maximum absolute atomic E-state index is 9.55. The lowest BCUT2D eigenvalue weighted by Gasteiger charge is -2.06. The van der Waals surface area contributed by atoms with Crippen molar-refractivity contribution in [2.24, 2.45) is 0 Å². The Kier molecular flexibility index (Phi) is 12.8. The number of rotatable bonds is 10. The van der Waals surface area contributed by atoms with E-state index in [9.17, 15) is 9.59 Å². The molecule has 0 bridgehead atoms. The predicted octanol–water partition coefficient (Wildman–Crippen LogP) is 3.38. The number of carboxylic acids is 2. The Morgan fingerprint density at radius 3 is 2.00 bits per heavy atom. The van der Waals surface area contributed by atoms with Crippen LogP contribution in [0.5, 0.6) is 5.75 Å². The van der Waals surface area contributed by atoms with Crippen molar-refractivity contribution in [2.75, 3.05) is 11.9 Å². The standard InChI is InChI=1S/C14H20N2O.C4H4O4/c15-11-5-3-1-2-4-6-12-16-13-7-9-14(17)10-8-13;5-3(6)1-2-4(7)8/h7-10,16-17H,1-6,12H2;1-2H,(H,5,6)(H,7,8). The van der Waals surface area contributed by atoms with Crippen LogP contribution in [0.25, 0.3) is 0 Å². The molecule has 0 saturated heterocycles. The van der Waals surface area contributed by atoms with Gasteiger partial charge in [0.25, 0.3) is 0 Å². The molecule has 0 aromatic heterocycles. The zero-order valence-corrected chi connectivity index (χ0v) is 14.0. The molecular weight excluding hydrogens is 324 g/mol. The normalized spacial score (nSPS) is 9.72. The number of unbranched alkanes of at least 4 members (excludes halogenated alkanes) is 5. The Labute approximate surface area is 147 Å². The molecule has 1 aromatic carbocycles. The van der Waals surface area contributed by atoms with Crippen molar-refractivity contribution in [2.45, 2.75) is 38.5 Å². The first-order chi connectivity index (χ1) is 12.0. The van der Waals surface area contributed by atoms with Crippen molar-refractivity contribution in [1.82, 2.24) is 0 Å². The first kappa shape index (κ1) is 22.0. The SMILES string of the molecule is N#CCCCCCCCNc1ccc(O)cc1.O=C(O)C=CC(=O)O. The fourth-order valence-corrected chi connectivity index (χ4v) is 1.81. The summed E-state index contributed by atoms with van der Waals surface area (Å²) in [4.78, 5) is 19.1. The molecule has 0 aliphatic carbocycles. The van der Waals surface area contributed by atoms with Gasteiger partial charge in [0.2, 0.25) is 0 Å². The number of aliphatic carboxylic acids is 2. The first-order valence-electron chi connectivity index (χ1n) is 7.99. The Morgan fingerprint density at radius 1 is 0.960 bits per heavy atom. The number of carboxylic acid groups (broad SMARTS) is 2. The molecule has 4 N–H and O–H groups in total. The minimum absolute atomic E-state index is 0.299. The monoisotopic (exact) mass is 348 g/mol. The van der Waals surface area contributed by atoms with E-state index in [-0.39, 0.29) is 0 Å². The summed E-state index contributed by atoms with van der Waals surface area (Å²) in [6.07, 6.45) is 7.55. The Hall–Kier alpha value is -3.01. The van der Waals surface area contributed by atoms with Crippen LogP contribution in [0.15, 0.2) is 36.4 Å². The highest BCUT2D eigenvalue weighted by Gasteiger charge is 1.93. The highest BCUT2D eigenvalue weighted by Crippen LogP contribution is 2.14. The van der Waals surface area contributed by atoms with Gasteiger partial charge in [-0.15, -0.1) is 0 Å². The third-order valence-electron chi connectivity index (χ3n) is 3.03. The highest BCUT2D eigenvalue weighted by molar-refractivity contribution is 5.89. The van der Waals surface area contributed by atoms with Crippen molar-refractivity contribution in [3.05, 3.63) is 36.4 Å². The van der Waals surface area contributed by atoms with Gasteiger partial charge in [-0.1, -0.05) is 19.3 Å². The van der Waals surface area contributed by atoms with E-state index in [2.05, 4.69) is 11.4 Å². The molecule has 136 valence electrons. The largest absolute Gasteiger partial charge is 0.508 e. The lowest BCUT2D eigenvalue weighted by atomic mass is 10.1. The van der Waals surface area contributed by atoms with Crippen LogP contribution in [0, 0.1) is 11.3 Å². The summed E-state index contributed by atoms with van der Waals surface area (Å²) in [5.41, 5.74) is 1.05. The summed E-state index contributed by atoms with van der Waals surface area (Å²) in [6, 6.07) is 9.29. The number of anilines is 1. The van der Waals surface area contributed by atoms with Gasteiger partial charge in [-0.2, -0.15) is 5.26 Å². The van der Waals surface area contributed by atoms with Crippen LogP contribution >= 0.6 is 0 Å². The van der Waals surface area contributed by atoms with E-state index in [1.54, 1.807) is 12.1 Å². The fraction of sp³-hybridized carbons (Fsp3) is 0.389. The number of nitrogens with one attached hydrogen (secondary N) is 1. The number of phenolic OH excluding ortho intramolecular Hbond substituents is 1. The van der Waals surface area contributed by atoms with Crippen LogP contribution in [0.1, 0.15) is 38.5 Å².